The number of ether oxygens (including phenoxy) is 1. The number of hydrogen-bond acceptors (Lipinski definition) is 6. The summed E-state index contributed by atoms with van der Waals surface area (Å²) in [6, 6.07) is 14.7. The zero-order valence-electron chi connectivity index (χ0n) is 15.1. The number of benzene rings is 2. The van der Waals surface area contributed by atoms with E-state index in [2.05, 4.69) is 29.3 Å². The first-order valence-corrected chi connectivity index (χ1v) is 9.71. The van der Waals surface area contributed by atoms with Gasteiger partial charge in [-0.1, -0.05) is 25.5 Å². The third kappa shape index (κ3) is 8.91. The fourth-order valence-corrected chi connectivity index (χ4v) is 2.38. The van der Waals surface area contributed by atoms with E-state index in [-0.39, 0.29) is 36.2 Å². The number of azo groups is 1. The first kappa shape index (κ1) is 22.8. The van der Waals surface area contributed by atoms with Crippen LogP contribution in [-0.2, 0) is 16.5 Å². The Morgan fingerprint density at radius 1 is 0.962 bits per heavy atom. The molecule has 0 aliphatic carbocycles. The predicted octanol–water partition coefficient (Wildman–Crippen LogP) is 1.37. The average molecular weight is 384 g/mol. The zero-order chi connectivity index (χ0) is 18.1. The summed E-state index contributed by atoms with van der Waals surface area (Å²) in [5.41, 5.74) is 2.72. The van der Waals surface area contributed by atoms with E-state index in [1.165, 1.54) is 18.4 Å². The van der Waals surface area contributed by atoms with E-state index in [4.69, 9.17) is 4.74 Å². The molecule has 0 aliphatic rings. The van der Waals surface area contributed by atoms with Gasteiger partial charge in [0.05, 0.1) is 27.2 Å². The Labute approximate surface area is 176 Å². The summed E-state index contributed by atoms with van der Waals surface area (Å²) in [4.78, 5) is 0. The number of hydrogen-bond donors (Lipinski definition) is 0. The number of nitrogens with zero attached hydrogens (tertiary/aromatic N) is 2. The van der Waals surface area contributed by atoms with Crippen LogP contribution in [0.5, 0.6) is 5.75 Å². The molecule has 0 amide bonds. The van der Waals surface area contributed by atoms with E-state index in [1.54, 1.807) is 24.3 Å². The van der Waals surface area contributed by atoms with Gasteiger partial charge in [-0.3, -0.25) is 0 Å². The van der Waals surface area contributed by atoms with Crippen molar-refractivity contribution in [3.63, 3.8) is 0 Å². The Bertz CT molecular complexity index is 791. The van der Waals surface area contributed by atoms with Crippen LogP contribution in [0.2, 0.25) is 0 Å². The van der Waals surface area contributed by atoms with Crippen molar-refractivity contribution in [2.75, 3.05) is 12.4 Å². The van der Waals surface area contributed by atoms with Crippen molar-refractivity contribution < 1.29 is 47.3 Å². The molecule has 0 saturated heterocycles. The molecule has 0 spiro atoms. The van der Waals surface area contributed by atoms with E-state index >= 15 is 0 Å². The Kier molecular flexibility index (Phi) is 10.0. The van der Waals surface area contributed by atoms with Crippen LogP contribution in [0, 0.1) is 0 Å². The van der Waals surface area contributed by atoms with Crippen molar-refractivity contribution in [2.24, 2.45) is 10.2 Å². The van der Waals surface area contributed by atoms with E-state index in [1.807, 2.05) is 12.1 Å². The van der Waals surface area contributed by atoms with Gasteiger partial charge in [-0.2, -0.15) is 10.2 Å². The number of rotatable bonds is 9. The van der Waals surface area contributed by atoms with Gasteiger partial charge in [0.2, 0.25) is 0 Å². The molecule has 2 aromatic carbocycles. The molecular formula is C18H21N2NaO4S. The van der Waals surface area contributed by atoms with Crippen LogP contribution >= 0.6 is 0 Å². The molecule has 0 atom stereocenters. The molecule has 8 heteroatoms. The standard InChI is InChI=1S/C18H22N2O4S.Na/c1-2-3-4-15-5-7-16(8-6-15)19-20-17-9-11-18(12-10-17)24-13-14-25(21,22)23;/h5-12H,2-4,13-14H2,1H3,(H,21,22,23);/q;+1/p-1. The third-order valence-corrected chi connectivity index (χ3v) is 4.14. The van der Waals surface area contributed by atoms with Crippen LogP contribution in [0.1, 0.15) is 25.3 Å². The van der Waals surface area contributed by atoms with Crippen molar-refractivity contribution in [1.29, 1.82) is 0 Å². The molecule has 134 valence electrons. The van der Waals surface area contributed by atoms with Gasteiger partial charge in [-0.05, 0) is 54.8 Å². The topological polar surface area (TPSA) is 91.2 Å². The molecule has 0 heterocycles. The average Bonchev–Trinajstić information content (AvgIpc) is 2.59. The van der Waals surface area contributed by atoms with E-state index in [9.17, 15) is 13.0 Å². The van der Waals surface area contributed by atoms with Gasteiger partial charge >= 0.3 is 29.6 Å². The summed E-state index contributed by atoms with van der Waals surface area (Å²) in [6.45, 7) is 2.00. The molecule has 0 radical (unpaired) electrons. The van der Waals surface area contributed by atoms with Gasteiger partial charge in [0, 0.05) is 0 Å². The summed E-state index contributed by atoms with van der Waals surface area (Å²) < 4.78 is 36.7. The van der Waals surface area contributed by atoms with Crippen LogP contribution in [0.4, 0.5) is 11.4 Å². The molecule has 2 aromatic rings. The normalized spacial score (nSPS) is 11.3. The van der Waals surface area contributed by atoms with E-state index in [0.29, 0.717) is 11.4 Å². The monoisotopic (exact) mass is 384 g/mol. The molecule has 0 aliphatic heterocycles. The Balaban J connectivity index is 0.00000338. The summed E-state index contributed by atoms with van der Waals surface area (Å²) in [6.07, 6.45) is 3.42. The minimum Gasteiger partial charge on any atom is -0.748 e. The molecule has 0 N–H and O–H groups in total. The summed E-state index contributed by atoms with van der Waals surface area (Å²) in [5.74, 6) is -0.0780. The zero-order valence-corrected chi connectivity index (χ0v) is 17.9. The van der Waals surface area contributed by atoms with Gasteiger partial charge in [0.1, 0.15) is 12.4 Å². The maximum atomic E-state index is 10.5. The molecule has 0 fully saturated rings. The van der Waals surface area contributed by atoms with Crippen molar-refractivity contribution in [3.05, 3.63) is 54.1 Å². The first-order valence-electron chi connectivity index (χ1n) is 8.13. The molecule has 2 rings (SSSR count). The number of aryl methyl sites for hydroxylation is 1. The summed E-state index contributed by atoms with van der Waals surface area (Å²) in [7, 11) is -4.26. The second kappa shape index (κ2) is 11.5. The Hall–Kier alpha value is -1.25. The summed E-state index contributed by atoms with van der Waals surface area (Å²) in [5, 5.41) is 8.34. The minimum atomic E-state index is -4.26. The van der Waals surface area contributed by atoms with Gasteiger partial charge in [-0.25, -0.2) is 8.42 Å². The predicted molar refractivity (Wildman–Crippen MR) is 95.7 cm³/mol. The molecule has 26 heavy (non-hydrogen) atoms. The molecule has 0 aromatic heterocycles. The van der Waals surface area contributed by atoms with Crippen LogP contribution in [-0.4, -0.2) is 25.3 Å². The quantitative estimate of drug-likeness (QED) is 0.371. The van der Waals surface area contributed by atoms with Crippen LogP contribution in [0.15, 0.2) is 58.8 Å². The van der Waals surface area contributed by atoms with E-state index in [0.717, 1.165) is 12.1 Å². The molecule has 0 bridgehead atoms. The Morgan fingerprint density at radius 2 is 1.50 bits per heavy atom. The molecular weight excluding hydrogens is 363 g/mol. The molecule has 6 nitrogen and oxygen atoms in total. The first-order chi connectivity index (χ1) is 12.0. The van der Waals surface area contributed by atoms with Crippen molar-refractivity contribution >= 4 is 21.5 Å². The third-order valence-electron chi connectivity index (χ3n) is 3.48. The van der Waals surface area contributed by atoms with E-state index < -0.39 is 15.9 Å². The summed E-state index contributed by atoms with van der Waals surface area (Å²) >= 11 is 0. The fraction of sp³-hybridized carbons (Fsp3) is 0.333. The van der Waals surface area contributed by atoms with Gasteiger partial charge in [-0.15, -0.1) is 0 Å². The second-order valence-corrected chi connectivity index (χ2v) is 7.10. The van der Waals surface area contributed by atoms with Crippen LogP contribution < -0.4 is 34.3 Å². The van der Waals surface area contributed by atoms with Gasteiger partial charge in [0.25, 0.3) is 0 Å². The maximum absolute atomic E-state index is 10.5. The second-order valence-electron chi connectivity index (χ2n) is 5.57. The fourth-order valence-electron chi connectivity index (χ4n) is 2.10. The van der Waals surface area contributed by atoms with Gasteiger partial charge < -0.3 is 9.29 Å². The maximum Gasteiger partial charge on any atom is 1.00 e. The van der Waals surface area contributed by atoms with Crippen molar-refractivity contribution in [3.8, 4) is 5.75 Å². The molecule has 0 saturated carbocycles. The minimum absolute atomic E-state index is 0. The van der Waals surface area contributed by atoms with Crippen molar-refractivity contribution in [2.45, 2.75) is 26.2 Å². The van der Waals surface area contributed by atoms with Crippen LogP contribution in [0.25, 0.3) is 0 Å². The number of unbranched alkanes of at least 4 members (excludes halogenated alkanes) is 1. The smallest absolute Gasteiger partial charge is 0.748 e. The largest absolute Gasteiger partial charge is 1.00 e. The Morgan fingerprint density at radius 3 is 2.00 bits per heavy atom. The van der Waals surface area contributed by atoms with Gasteiger partial charge in [0.15, 0.2) is 0 Å². The van der Waals surface area contributed by atoms with Crippen molar-refractivity contribution in [1.82, 2.24) is 0 Å². The SMILES string of the molecule is CCCCc1ccc(N=Nc2ccc(OCCS(=O)(=O)[O-])cc2)cc1.[Na+]. The van der Waals surface area contributed by atoms with Crippen LogP contribution in [0.3, 0.4) is 0 Å². The molecule has 0 unspecified atom stereocenters.